The first-order valence-electron chi connectivity index (χ1n) is 9.32. The molecule has 2 aromatic rings. The van der Waals surface area contributed by atoms with Gasteiger partial charge in [0, 0.05) is 0 Å². The van der Waals surface area contributed by atoms with Gasteiger partial charge < -0.3 is 9.16 Å². The molecule has 1 unspecified atom stereocenters. The lowest BCUT2D eigenvalue weighted by Gasteiger charge is -2.42. The zero-order valence-electron chi connectivity index (χ0n) is 16.8. The predicted octanol–water partition coefficient (Wildman–Crippen LogP) is 3.30. The van der Waals surface area contributed by atoms with E-state index in [-0.39, 0.29) is 18.3 Å². The highest BCUT2D eigenvalue weighted by Gasteiger charge is 2.50. The standard InChI is InChI=1S/C22H27ClO4Si/c1-5-26-21(25)20(23)19(24)16-27-28(22(2,3)4,17-12-8-6-9-13-17)18-14-10-7-11-15-18/h6-15,20H,5,16H2,1-4H3. The van der Waals surface area contributed by atoms with Crippen molar-refractivity contribution in [3.05, 3.63) is 60.7 Å². The Balaban J connectivity index is 2.45. The highest BCUT2D eigenvalue weighted by Crippen LogP contribution is 2.36. The minimum Gasteiger partial charge on any atom is -0.465 e. The number of carbonyl (C=O) groups excluding carboxylic acids is 2. The quantitative estimate of drug-likeness (QED) is 0.285. The summed E-state index contributed by atoms with van der Waals surface area (Å²) in [5.74, 6) is -1.23. The van der Waals surface area contributed by atoms with Crippen LogP contribution in [-0.4, -0.2) is 38.7 Å². The zero-order chi connectivity index (χ0) is 20.8. The maximum atomic E-state index is 12.6. The molecular weight excluding hydrogens is 392 g/mol. The molecule has 0 radical (unpaired) electrons. The Bertz CT molecular complexity index is 748. The number of rotatable bonds is 8. The summed E-state index contributed by atoms with van der Waals surface area (Å²) in [5.41, 5.74) is 0. The Morgan fingerprint density at radius 2 is 1.43 bits per heavy atom. The fourth-order valence-corrected chi connectivity index (χ4v) is 8.00. The van der Waals surface area contributed by atoms with E-state index in [1.807, 2.05) is 60.7 Å². The van der Waals surface area contributed by atoms with Crippen LogP contribution in [0.2, 0.25) is 5.04 Å². The molecule has 0 saturated carbocycles. The van der Waals surface area contributed by atoms with E-state index in [0.717, 1.165) is 10.4 Å². The second-order valence-corrected chi connectivity index (χ2v) is 12.3. The molecule has 4 nitrogen and oxygen atoms in total. The van der Waals surface area contributed by atoms with Crippen LogP contribution in [0.5, 0.6) is 0 Å². The first kappa shape index (κ1) is 22.3. The van der Waals surface area contributed by atoms with Gasteiger partial charge >= 0.3 is 5.97 Å². The summed E-state index contributed by atoms with van der Waals surface area (Å²) in [6.45, 7) is 7.95. The van der Waals surface area contributed by atoms with Crippen molar-refractivity contribution in [2.75, 3.05) is 13.2 Å². The average Bonchev–Trinajstić information content (AvgIpc) is 2.68. The first-order chi connectivity index (χ1) is 13.2. The number of ether oxygens (including phenoxy) is 1. The Hall–Kier alpha value is -1.95. The summed E-state index contributed by atoms with van der Waals surface area (Å²) in [6, 6.07) is 20.0. The first-order valence-corrected chi connectivity index (χ1v) is 11.7. The van der Waals surface area contributed by atoms with E-state index < -0.39 is 25.4 Å². The second-order valence-electron chi connectivity index (χ2n) is 7.53. The van der Waals surface area contributed by atoms with Gasteiger partial charge in [0.15, 0.2) is 11.2 Å². The van der Waals surface area contributed by atoms with Crippen LogP contribution in [0.3, 0.4) is 0 Å². The molecule has 0 heterocycles. The molecule has 0 bridgehead atoms. The van der Waals surface area contributed by atoms with Gasteiger partial charge in [-0.15, -0.1) is 11.6 Å². The van der Waals surface area contributed by atoms with Gasteiger partial charge in [-0.05, 0) is 22.3 Å². The van der Waals surface area contributed by atoms with Crippen molar-refractivity contribution < 1.29 is 18.8 Å². The number of esters is 1. The number of halogens is 1. The Morgan fingerprint density at radius 3 is 1.82 bits per heavy atom. The summed E-state index contributed by atoms with van der Waals surface area (Å²) in [4.78, 5) is 24.4. The lowest BCUT2D eigenvalue weighted by atomic mass is 10.2. The summed E-state index contributed by atoms with van der Waals surface area (Å²) in [7, 11) is -2.84. The SMILES string of the molecule is CCOC(=O)C(Cl)C(=O)CO[Si](c1ccccc1)(c1ccccc1)C(C)(C)C. The van der Waals surface area contributed by atoms with E-state index >= 15 is 0 Å². The molecule has 0 aliphatic carbocycles. The zero-order valence-corrected chi connectivity index (χ0v) is 18.5. The van der Waals surface area contributed by atoms with Crippen LogP contribution >= 0.6 is 11.6 Å². The third-order valence-electron chi connectivity index (χ3n) is 4.62. The van der Waals surface area contributed by atoms with E-state index in [1.165, 1.54) is 0 Å². The van der Waals surface area contributed by atoms with Gasteiger partial charge in [0.1, 0.15) is 0 Å². The smallest absolute Gasteiger partial charge is 0.331 e. The van der Waals surface area contributed by atoms with Crippen molar-refractivity contribution in [1.29, 1.82) is 0 Å². The maximum absolute atomic E-state index is 12.6. The molecule has 6 heteroatoms. The van der Waals surface area contributed by atoms with Gasteiger partial charge in [-0.25, -0.2) is 4.79 Å². The van der Waals surface area contributed by atoms with Crippen molar-refractivity contribution in [2.45, 2.75) is 38.1 Å². The minimum atomic E-state index is -2.84. The molecule has 0 saturated heterocycles. The summed E-state index contributed by atoms with van der Waals surface area (Å²) >= 11 is 6.01. The number of Topliss-reactive ketones (excluding diaryl/α,β-unsaturated/α-hetero) is 1. The molecule has 28 heavy (non-hydrogen) atoms. The molecule has 0 N–H and O–H groups in total. The molecule has 0 fully saturated rings. The second kappa shape index (κ2) is 9.50. The van der Waals surface area contributed by atoms with Crippen molar-refractivity contribution in [2.24, 2.45) is 0 Å². The number of alkyl halides is 1. The van der Waals surface area contributed by atoms with Crippen LogP contribution in [0, 0.1) is 0 Å². The number of hydrogen-bond acceptors (Lipinski definition) is 4. The van der Waals surface area contributed by atoms with Gasteiger partial charge in [-0.2, -0.15) is 0 Å². The maximum Gasteiger partial charge on any atom is 0.331 e. The summed E-state index contributed by atoms with van der Waals surface area (Å²) in [6.07, 6.45) is 0. The van der Waals surface area contributed by atoms with E-state index in [9.17, 15) is 9.59 Å². The van der Waals surface area contributed by atoms with Crippen molar-refractivity contribution >= 4 is 42.0 Å². The number of carbonyl (C=O) groups is 2. The topological polar surface area (TPSA) is 52.6 Å². The fourth-order valence-electron chi connectivity index (χ4n) is 3.36. The molecule has 2 rings (SSSR count). The lowest BCUT2D eigenvalue weighted by molar-refractivity contribution is -0.145. The Kier molecular flexibility index (Phi) is 7.58. The average molecular weight is 419 g/mol. The molecule has 150 valence electrons. The monoisotopic (exact) mass is 418 g/mol. The van der Waals surface area contributed by atoms with Crippen molar-refractivity contribution in [3.63, 3.8) is 0 Å². The Morgan fingerprint density at radius 1 is 0.964 bits per heavy atom. The molecule has 0 aromatic heterocycles. The minimum absolute atomic E-state index is 0.172. The van der Waals surface area contributed by atoms with Crippen LogP contribution < -0.4 is 10.4 Å². The molecule has 1 atom stereocenters. The third kappa shape index (κ3) is 4.72. The number of benzene rings is 2. The van der Waals surface area contributed by atoms with E-state index in [2.05, 4.69) is 20.8 Å². The largest absolute Gasteiger partial charge is 0.465 e. The highest BCUT2D eigenvalue weighted by molar-refractivity contribution is 6.99. The molecule has 0 aliphatic heterocycles. The molecule has 2 aromatic carbocycles. The van der Waals surface area contributed by atoms with Crippen LogP contribution in [0.25, 0.3) is 0 Å². The van der Waals surface area contributed by atoms with E-state index in [0.29, 0.717) is 0 Å². The predicted molar refractivity (Wildman–Crippen MR) is 115 cm³/mol. The van der Waals surface area contributed by atoms with Gasteiger partial charge in [0.2, 0.25) is 0 Å². The number of ketones is 1. The molecule has 0 spiro atoms. The van der Waals surface area contributed by atoms with Crippen LogP contribution in [0.4, 0.5) is 0 Å². The van der Waals surface area contributed by atoms with Crippen LogP contribution in [-0.2, 0) is 18.8 Å². The van der Waals surface area contributed by atoms with Crippen LogP contribution in [0.1, 0.15) is 27.7 Å². The summed E-state index contributed by atoms with van der Waals surface area (Å²) < 4.78 is 11.3. The van der Waals surface area contributed by atoms with Gasteiger partial charge in [-0.3, -0.25) is 4.79 Å². The highest BCUT2D eigenvalue weighted by atomic mass is 35.5. The molecule has 0 aliphatic rings. The van der Waals surface area contributed by atoms with Gasteiger partial charge in [-0.1, -0.05) is 81.4 Å². The lowest BCUT2D eigenvalue weighted by Crippen LogP contribution is -2.67. The molecule has 0 amide bonds. The van der Waals surface area contributed by atoms with Gasteiger partial charge in [0.05, 0.1) is 13.2 Å². The van der Waals surface area contributed by atoms with Gasteiger partial charge in [0.25, 0.3) is 8.32 Å². The van der Waals surface area contributed by atoms with E-state index in [1.54, 1.807) is 6.92 Å². The van der Waals surface area contributed by atoms with Crippen molar-refractivity contribution in [1.82, 2.24) is 0 Å². The fraction of sp³-hybridized carbons (Fsp3) is 0.364. The van der Waals surface area contributed by atoms with Crippen molar-refractivity contribution in [3.8, 4) is 0 Å². The summed E-state index contributed by atoms with van der Waals surface area (Å²) in [5, 5.41) is 0.493. The van der Waals surface area contributed by atoms with E-state index in [4.69, 9.17) is 20.8 Å². The Labute approximate surface area is 172 Å². The third-order valence-corrected chi connectivity index (χ3v) is 10.0. The normalized spacial score (nSPS) is 13.0. The van der Waals surface area contributed by atoms with Crippen LogP contribution in [0.15, 0.2) is 60.7 Å². The molecular formula is C22H27ClO4Si. The number of hydrogen-bond donors (Lipinski definition) is 0.